The number of carbonyl (C=O) groups is 2. The highest BCUT2D eigenvalue weighted by Gasteiger charge is 2.55. The summed E-state index contributed by atoms with van der Waals surface area (Å²) in [7, 11) is 0. The molecule has 5 fully saturated rings. The predicted molar refractivity (Wildman–Crippen MR) is 225 cm³/mol. The Kier molecular flexibility index (Phi) is 23.0. The summed E-state index contributed by atoms with van der Waals surface area (Å²) in [5.41, 5.74) is 0. The van der Waals surface area contributed by atoms with Gasteiger partial charge in [-0.1, -0.05) is 39.0 Å². The Morgan fingerprint density at radius 3 is 1.48 bits per heavy atom. The van der Waals surface area contributed by atoms with E-state index in [1.165, 1.54) is 0 Å². The van der Waals surface area contributed by atoms with Crippen LogP contribution in [0.5, 0.6) is 0 Å². The molecule has 5 aliphatic heterocycles. The van der Waals surface area contributed by atoms with Gasteiger partial charge in [-0.15, -0.1) is 0 Å². The molecule has 0 radical (unpaired) electrons. The van der Waals surface area contributed by atoms with Gasteiger partial charge in [0.25, 0.3) is 0 Å². The Morgan fingerprint density at radius 2 is 0.942 bits per heavy atom. The summed E-state index contributed by atoms with van der Waals surface area (Å²) in [5, 5.41) is 144. The molecule has 0 bridgehead atoms. The molecule has 5 heterocycles. The van der Waals surface area contributed by atoms with Crippen molar-refractivity contribution in [3.8, 4) is 0 Å². The molecular formula is C42H74N2O25. The Bertz CT molecular complexity index is 1540. The van der Waals surface area contributed by atoms with Crippen LogP contribution >= 0.6 is 0 Å². The van der Waals surface area contributed by atoms with Crippen LogP contribution in [0.15, 0.2) is 0 Å². The highest BCUT2D eigenvalue weighted by Crippen LogP contribution is 2.35. The van der Waals surface area contributed by atoms with E-state index in [4.69, 9.17) is 47.4 Å². The summed E-state index contributed by atoms with van der Waals surface area (Å²) < 4.78 is 59.4. The van der Waals surface area contributed by atoms with Crippen LogP contribution in [-0.2, 0) is 57.0 Å². The van der Waals surface area contributed by atoms with Crippen LogP contribution in [0.2, 0.25) is 0 Å². The number of hydrogen-bond donors (Lipinski definition) is 15. The van der Waals surface area contributed by atoms with Gasteiger partial charge in [0, 0.05) is 26.9 Å². The van der Waals surface area contributed by atoms with Crippen molar-refractivity contribution in [1.82, 2.24) is 10.6 Å². The van der Waals surface area contributed by atoms with Crippen LogP contribution in [-0.4, -0.2) is 265 Å². The third-order valence-corrected chi connectivity index (χ3v) is 12.8. The molecule has 0 aromatic rings. The first kappa shape index (κ1) is 57.9. The minimum absolute atomic E-state index is 0.0641. The molecule has 5 saturated heterocycles. The Balaban J connectivity index is 1.41. The van der Waals surface area contributed by atoms with Crippen LogP contribution in [0.1, 0.15) is 65.7 Å². The summed E-state index contributed by atoms with van der Waals surface area (Å²) in [6, 6.07) is -2.95. The van der Waals surface area contributed by atoms with E-state index in [1.807, 2.05) is 0 Å². The lowest BCUT2D eigenvalue weighted by molar-refractivity contribution is -0.378. The third-order valence-electron chi connectivity index (χ3n) is 12.8. The molecule has 27 nitrogen and oxygen atoms in total. The molecule has 0 spiro atoms. The first-order chi connectivity index (χ1) is 32.9. The number of rotatable bonds is 23. The summed E-state index contributed by atoms with van der Waals surface area (Å²) in [6.07, 6.45) is -31.3. The maximum atomic E-state index is 12.2. The second kappa shape index (κ2) is 27.3. The van der Waals surface area contributed by atoms with Gasteiger partial charge in [-0.05, 0) is 6.42 Å². The molecule has 5 rings (SSSR count). The average molecular weight is 1010 g/mol. The Labute approximate surface area is 398 Å². The maximum Gasteiger partial charge on any atom is 0.217 e. The number of aliphatic hydroxyl groups is 13. The molecule has 0 aliphatic carbocycles. The Hall–Kier alpha value is -1.98. The van der Waals surface area contributed by atoms with Crippen molar-refractivity contribution < 1.29 is 123 Å². The molecule has 2 amide bonds. The van der Waals surface area contributed by atoms with E-state index in [-0.39, 0.29) is 13.0 Å². The molecule has 0 aromatic carbocycles. The zero-order valence-electron chi connectivity index (χ0n) is 38.8. The van der Waals surface area contributed by atoms with E-state index in [9.17, 15) is 76.0 Å². The van der Waals surface area contributed by atoms with Crippen molar-refractivity contribution >= 4 is 11.8 Å². The fraction of sp³-hybridized carbons (Fsp3) is 0.952. The van der Waals surface area contributed by atoms with E-state index in [0.29, 0.717) is 6.42 Å². The molecule has 15 N–H and O–H groups in total. The van der Waals surface area contributed by atoms with Crippen molar-refractivity contribution in [2.45, 2.75) is 213 Å². The summed E-state index contributed by atoms with van der Waals surface area (Å²) in [6.45, 7) is 0.472. The van der Waals surface area contributed by atoms with Gasteiger partial charge < -0.3 is 124 Å². The van der Waals surface area contributed by atoms with Crippen molar-refractivity contribution in [2.75, 3.05) is 39.6 Å². The van der Waals surface area contributed by atoms with Gasteiger partial charge in [0.1, 0.15) is 110 Å². The molecule has 27 heteroatoms. The van der Waals surface area contributed by atoms with Crippen molar-refractivity contribution in [2.24, 2.45) is 0 Å². The molecule has 5 aliphatic rings. The second-order valence-corrected chi connectivity index (χ2v) is 18.0. The van der Waals surface area contributed by atoms with Gasteiger partial charge in [-0.2, -0.15) is 0 Å². The lowest BCUT2D eigenvalue weighted by atomic mass is 9.95. The van der Waals surface area contributed by atoms with Crippen LogP contribution in [0.25, 0.3) is 0 Å². The summed E-state index contributed by atoms with van der Waals surface area (Å²) in [4.78, 5) is 24.3. The van der Waals surface area contributed by atoms with Crippen molar-refractivity contribution in [3.05, 3.63) is 0 Å². The van der Waals surface area contributed by atoms with Gasteiger partial charge in [-0.3, -0.25) is 9.59 Å². The molecule has 24 atom stereocenters. The smallest absolute Gasteiger partial charge is 0.217 e. The van der Waals surface area contributed by atoms with Gasteiger partial charge in [0.05, 0.1) is 39.1 Å². The van der Waals surface area contributed by atoms with E-state index in [1.54, 1.807) is 0 Å². The fourth-order valence-corrected chi connectivity index (χ4v) is 8.86. The number of aliphatic hydroxyl groups excluding tert-OH is 13. The Morgan fingerprint density at radius 1 is 0.478 bits per heavy atom. The number of hydrogen-bond acceptors (Lipinski definition) is 25. The summed E-state index contributed by atoms with van der Waals surface area (Å²) >= 11 is 0. The van der Waals surface area contributed by atoms with Crippen LogP contribution in [0.3, 0.4) is 0 Å². The highest BCUT2D eigenvalue weighted by atomic mass is 16.8. The normalized spacial score (nSPS) is 44.1. The lowest BCUT2D eigenvalue weighted by Crippen LogP contribution is -2.68. The second-order valence-electron chi connectivity index (χ2n) is 18.0. The van der Waals surface area contributed by atoms with Crippen molar-refractivity contribution in [1.29, 1.82) is 0 Å². The quantitative estimate of drug-likeness (QED) is 0.0423. The maximum absolute atomic E-state index is 12.2. The lowest BCUT2D eigenvalue weighted by Gasteiger charge is -2.48. The third kappa shape index (κ3) is 14.6. The monoisotopic (exact) mass is 1010 g/mol. The number of amides is 2. The molecular weight excluding hydrogens is 932 g/mol. The SMILES string of the molecule is CCCCCCCCO[C@@H]1O[C@H](CO[C@H]2O[C@H](CO)[C@@H](O)[C@H](O)[C@@H]2O[C@@H]2O[C@H](CO)[C@@H](O)[C@H](O)[C@H]2NC(C)=O)[C@@H](O)[C@H](O[C@H]2O[C@H](CO)[C@@H](O)C[C@@H]2O[C@@H]2O[C@H](CO)[C@@H](O)[C@H](O)[C@H]2NC(C)=O)[C@@H]1O. The topological polar surface area (TPSA) is 413 Å². The molecule has 0 aromatic heterocycles. The largest absolute Gasteiger partial charge is 0.394 e. The highest BCUT2D eigenvalue weighted by molar-refractivity contribution is 5.73. The number of ether oxygens (including phenoxy) is 10. The van der Waals surface area contributed by atoms with Crippen LogP contribution < -0.4 is 10.6 Å². The number of unbranched alkanes of at least 4 members (excludes halogenated alkanes) is 5. The fourth-order valence-electron chi connectivity index (χ4n) is 8.86. The standard InChI is InChI=1S/C42H74N2O25/c1-4-5-6-7-8-9-10-60-41-35(59)36(68-38-20(11-19(51)21(12-45)63-38)62-39-26(43-17(2)49)32(56)28(52)22(13-46)64-39)31(55)25(67-41)16-61-42-37(34(58)30(54)24(15-48)66-42)69-40-27(44-18(3)50)33(57)29(53)23(14-47)65-40/h19-42,45-48,51-59H,4-16H2,1-3H3,(H,43,49)(H,44,50)/t19-,20-,21+,22+,23+,24+,25+,26+,27+,28+,29+,30+,31+,32+,33+,34-,35-,36-,37-,38+,39+,40-,41+,42-/m0/s1. The molecule has 0 unspecified atom stereocenters. The number of carbonyl (C=O) groups excluding carboxylic acids is 2. The van der Waals surface area contributed by atoms with Gasteiger partial charge >= 0.3 is 0 Å². The first-order valence-electron chi connectivity index (χ1n) is 23.5. The van der Waals surface area contributed by atoms with Gasteiger partial charge in [0.2, 0.25) is 11.8 Å². The van der Waals surface area contributed by atoms with E-state index >= 15 is 0 Å². The average Bonchev–Trinajstić information content (AvgIpc) is 3.31. The first-order valence-corrected chi connectivity index (χ1v) is 23.5. The molecule has 0 saturated carbocycles. The van der Waals surface area contributed by atoms with E-state index < -0.39 is 192 Å². The van der Waals surface area contributed by atoms with E-state index in [0.717, 1.165) is 46.0 Å². The van der Waals surface area contributed by atoms with Gasteiger partial charge in [0.15, 0.2) is 31.5 Å². The van der Waals surface area contributed by atoms with E-state index in [2.05, 4.69) is 17.6 Å². The minimum atomic E-state index is -1.94. The number of nitrogens with one attached hydrogen (secondary N) is 2. The van der Waals surface area contributed by atoms with Crippen molar-refractivity contribution in [3.63, 3.8) is 0 Å². The molecule has 69 heavy (non-hydrogen) atoms. The zero-order chi connectivity index (χ0) is 50.7. The minimum Gasteiger partial charge on any atom is -0.394 e. The summed E-state index contributed by atoms with van der Waals surface area (Å²) in [5.74, 6) is -1.35. The van der Waals surface area contributed by atoms with Gasteiger partial charge in [-0.25, -0.2) is 0 Å². The van der Waals surface area contributed by atoms with Crippen LogP contribution in [0, 0.1) is 0 Å². The van der Waals surface area contributed by atoms with Crippen LogP contribution in [0.4, 0.5) is 0 Å². The predicted octanol–water partition coefficient (Wildman–Crippen LogP) is -7.22. The zero-order valence-corrected chi connectivity index (χ0v) is 38.8. The molecule has 402 valence electrons.